The maximum absolute atomic E-state index is 11.0. The van der Waals surface area contributed by atoms with Gasteiger partial charge in [0.05, 0.1) is 0 Å². The van der Waals surface area contributed by atoms with Crippen LogP contribution in [0.15, 0.2) is 0 Å². The van der Waals surface area contributed by atoms with Crippen LogP contribution < -0.4 is 11.1 Å². The quantitative estimate of drug-likeness (QED) is 0.692. The van der Waals surface area contributed by atoms with Gasteiger partial charge in [0, 0.05) is 12.0 Å². The Morgan fingerprint density at radius 3 is 2.47 bits per heavy atom. The van der Waals surface area contributed by atoms with Crippen LogP contribution in [0.1, 0.15) is 32.6 Å². The van der Waals surface area contributed by atoms with Gasteiger partial charge in [0.1, 0.15) is 0 Å². The monoisotopic (exact) mass is 213 g/mol. The Kier molecular flexibility index (Phi) is 4.54. The molecule has 1 saturated heterocycles. The minimum atomic E-state index is -0.201. The molecule has 0 radical (unpaired) electrons. The molecule has 15 heavy (non-hydrogen) atoms. The SMILES string of the molecule is CCCN1CCC(CC(N)=O)(NC)CC1. The molecule has 1 rings (SSSR count). The third-order valence-corrected chi connectivity index (χ3v) is 3.40. The summed E-state index contributed by atoms with van der Waals surface area (Å²) in [6.45, 7) is 5.50. The maximum atomic E-state index is 11.0. The molecule has 4 heteroatoms. The summed E-state index contributed by atoms with van der Waals surface area (Å²) in [6, 6.07) is 0. The van der Waals surface area contributed by atoms with E-state index in [2.05, 4.69) is 17.1 Å². The van der Waals surface area contributed by atoms with Gasteiger partial charge < -0.3 is 16.0 Å². The van der Waals surface area contributed by atoms with Crippen molar-refractivity contribution >= 4 is 5.91 Å². The Morgan fingerprint density at radius 2 is 2.07 bits per heavy atom. The van der Waals surface area contributed by atoms with Crippen LogP contribution in [0, 0.1) is 0 Å². The molecular weight excluding hydrogens is 190 g/mol. The number of hydrogen-bond donors (Lipinski definition) is 2. The first kappa shape index (κ1) is 12.5. The van der Waals surface area contributed by atoms with Gasteiger partial charge in [0.2, 0.25) is 5.91 Å². The maximum Gasteiger partial charge on any atom is 0.219 e. The average molecular weight is 213 g/mol. The standard InChI is InChI=1S/C11H23N3O/c1-3-6-14-7-4-11(13-2,5-8-14)9-10(12)15/h13H,3-9H2,1-2H3,(H2,12,15). The predicted molar refractivity (Wildman–Crippen MR) is 61.6 cm³/mol. The van der Waals surface area contributed by atoms with Crippen LogP contribution in [0.5, 0.6) is 0 Å². The zero-order valence-electron chi connectivity index (χ0n) is 9.88. The van der Waals surface area contributed by atoms with Crippen LogP contribution >= 0.6 is 0 Å². The molecule has 0 aliphatic carbocycles. The molecule has 0 spiro atoms. The van der Waals surface area contributed by atoms with Crippen LogP contribution in [0.4, 0.5) is 0 Å². The number of carbonyl (C=O) groups excluding carboxylic acids is 1. The number of hydrogen-bond acceptors (Lipinski definition) is 3. The molecule has 0 aromatic rings. The first-order valence-electron chi connectivity index (χ1n) is 5.81. The van der Waals surface area contributed by atoms with Gasteiger partial charge >= 0.3 is 0 Å². The highest BCUT2D eigenvalue weighted by atomic mass is 16.1. The molecule has 1 heterocycles. The zero-order valence-corrected chi connectivity index (χ0v) is 9.88. The Labute approximate surface area is 92.2 Å². The van der Waals surface area contributed by atoms with E-state index >= 15 is 0 Å². The van der Waals surface area contributed by atoms with Crippen molar-refractivity contribution in [2.45, 2.75) is 38.1 Å². The molecule has 4 nitrogen and oxygen atoms in total. The number of piperidine rings is 1. The third-order valence-electron chi connectivity index (χ3n) is 3.40. The molecule has 1 amide bonds. The smallest absolute Gasteiger partial charge is 0.219 e. The second kappa shape index (κ2) is 5.47. The summed E-state index contributed by atoms with van der Waals surface area (Å²) in [5, 5.41) is 3.28. The summed E-state index contributed by atoms with van der Waals surface area (Å²) in [5.74, 6) is -0.201. The van der Waals surface area contributed by atoms with Crippen LogP contribution in [0.2, 0.25) is 0 Å². The number of carbonyl (C=O) groups is 1. The molecule has 1 aliphatic rings. The third kappa shape index (κ3) is 3.47. The van der Waals surface area contributed by atoms with Crippen molar-refractivity contribution in [1.82, 2.24) is 10.2 Å². The van der Waals surface area contributed by atoms with E-state index in [0.717, 1.165) is 32.5 Å². The highest BCUT2D eigenvalue weighted by Gasteiger charge is 2.34. The molecular formula is C11H23N3O. The molecule has 0 bridgehead atoms. The summed E-state index contributed by atoms with van der Waals surface area (Å²) >= 11 is 0. The van der Waals surface area contributed by atoms with Crippen molar-refractivity contribution in [3.05, 3.63) is 0 Å². The largest absolute Gasteiger partial charge is 0.370 e. The molecule has 1 aliphatic heterocycles. The van der Waals surface area contributed by atoms with E-state index in [9.17, 15) is 4.79 Å². The highest BCUT2D eigenvalue weighted by molar-refractivity contribution is 5.75. The number of likely N-dealkylation sites (tertiary alicyclic amines) is 1. The molecule has 0 atom stereocenters. The Bertz CT molecular complexity index is 210. The molecule has 0 aromatic heterocycles. The van der Waals surface area contributed by atoms with E-state index in [1.807, 2.05) is 7.05 Å². The van der Waals surface area contributed by atoms with E-state index in [-0.39, 0.29) is 11.4 Å². The van der Waals surface area contributed by atoms with Gasteiger partial charge in [0.15, 0.2) is 0 Å². The van der Waals surface area contributed by atoms with E-state index in [1.165, 1.54) is 6.42 Å². The molecule has 0 unspecified atom stereocenters. The Hall–Kier alpha value is -0.610. The number of primary amides is 1. The van der Waals surface area contributed by atoms with Crippen LogP contribution in [-0.2, 0) is 4.79 Å². The van der Waals surface area contributed by atoms with E-state index < -0.39 is 0 Å². The number of rotatable bonds is 5. The molecule has 3 N–H and O–H groups in total. The van der Waals surface area contributed by atoms with Crippen LogP contribution in [-0.4, -0.2) is 43.0 Å². The molecule has 0 saturated carbocycles. The predicted octanol–water partition coefficient (Wildman–Crippen LogP) is 0.326. The minimum absolute atomic E-state index is 0.0456. The lowest BCUT2D eigenvalue weighted by atomic mass is 9.84. The summed E-state index contributed by atoms with van der Waals surface area (Å²) < 4.78 is 0. The summed E-state index contributed by atoms with van der Waals surface area (Å²) in [7, 11) is 1.93. The molecule has 88 valence electrons. The Balaban J connectivity index is 2.47. The first-order valence-corrected chi connectivity index (χ1v) is 5.81. The number of nitrogens with two attached hydrogens (primary N) is 1. The lowest BCUT2D eigenvalue weighted by molar-refractivity contribution is -0.119. The Morgan fingerprint density at radius 1 is 1.47 bits per heavy atom. The van der Waals surface area contributed by atoms with Crippen LogP contribution in [0.25, 0.3) is 0 Å². The van der Waals surface area contributed by atoms with Crippen molar-refractivity contribution in [2.75, 3.05) is 26.7 Å². The van der Waals surface area contributed by atoms with Crippen molar-refractivity contribution in [1.29, 1.82) is 0 Å². The van der Waals surface area contributed by atoms with Crippen LogP contribution in [0.3, 0.4) is 0 Å². The number of amides is 1. The van der Waals surface area contributed by atoms with Gasteiger partial charge in [-0.05, 0) is 45.9 Å². The fourth-order valence-corrected chi connectivity index (χ4v) is 2.37. The average Bonchev–Trinajstić information content (AvgIpc) is 2.21. The van der Waals surface area contributed by atoms with E-state index in [4.69, 9.17) is 5.73 Å². The number of nitrogens with one attached hydrogen (secondary N) is 1. The second-order valence-electron chi connectivity index (χ2n) is 4.52. The lowest BCUT2D eigenvalue weighted by Crippen LogP contribution is -2.53. The van der Waals surface area contributed by atoms with Crippen molar-refractivity contribution in [2.24, 2.45) is 5.73 Å². The second-order valence-corrected chi connectivity index (χ2v) is 4.52. The van der Waals surface area contributed by atoms with E-state index in [1.54, 1.807) is 0 Å². The van der Waals surface area contributed by atoms with Crippen molar-refractivity contribution in [3.8, 4) is 0 Å². The summed E-state index contributed by atoms with van der Waals surface area (Å²) in [4.78, 5) is 13.5. The zero-order chi connectivity index (χ0) is 11.3. The van der Waals surface area contributed by atoms with Gasteiger partial charge in [-0.15, -0.1) is 0 Å². The van der Waals surface area contributed by atoms with Gasteiger partial charge in [0.25, 0.3) is 0 Å². The topological polar surface area (TPSA) is 58.4 Å². The van der Waals surface area contributed by atoms with E-state index in [0.29, 0.717) is 6.42 Å². The van der Waals surface area contributed by atoms with Gasteiger partial charge in [-0.2, -0.15) is 0 Å². The summed E-state index contributed by atoms with van der Waals surface area (Å²) in [6.07, 6.45) is 3.70. The van der Waals surface area contributed by atoms with Crippen molar-refractivity contribution < 1.29 is 4.79 Å². The molecule has 0 aromatic carbocycles. The first-order chi connectivity index (χ1) is 7.12. The number of nitrogens with zero attached hydrogens (tertiary/aromatic N) is 1. The molecule has 1 fully saturated rings. The highest BCUT2D eigenvalue weighted by Crippen LogP contribution is 2.25. The van der Waals surface area contributed by atoms with Gasteiger partial charge in [-0.3, -0.25) is 4.79 Å². The van der Waals surface area contributed by atoms with Gasteiger partial charge in [-0.25, -0.2) is 0 Å². The van der Waals surface area contributed by atoms with Gasteiger partial charge in [-0.1, -0.05) is 6.92 Å². The summed E-state index contributed by atoms with van der Waals surface area (Å²) in [5.41, 5.74) is 5.24. The van der Waals surface area contributed by atoms with Crippen molar-refractivity contribution in [3.63, 3.8) is 0 Å². The minimum Gasteiger partial charge on any atom is -0.370 e. The fraction of sp³-hybridized carbons (Fsp3) is 0.909. The normalized spacial score (nSPS) is 21.5. The lowest BCUT2D eigenvalue weighted by Gasteiger charge is -2.41. The fourth-order valence-electron chi connectivity index (χ4n) is 2.37.